The van der Waals surface area contributed by atoms with E-state index in [1.165, 1.54) is 0 Å². The molecule has 0 amide bonds. The van der Waals surface area contributed by atoms with E-state index in [0.717, 1.165) is 22.7 Å². The summed E-state index contributed by atoms with van der Waals surface area (Å²) in [6, 6.07) is 15.9. The minimum atomic E-state index is 0.559. The number of anilines is 1. The summed E-state index contributed by atoms with van der Waals surface area (Å²) < 4.78 is 16.3. The molecule has 118 valence electrons. The Morgan fingerprint density at radius 3 is 2.68 bits per heavy atom. The quantitative estimate of drug-likeness (QED) is 0.717. The molecule has 0 saturated heterocycles. The summed E-state index contributed by atoms with van der Waals surface area (Å²) >= 11 is 0. The molecule has 0 fully saturated rings. The predicted molar refractivity (Wildman–Crippen MR) is 88.8 cm³/mol. The van der Waals surface area contributed by atoms with Gasteiger partial charge in [0.15, 0.2) is 0 Å². The normalized spacial score (nSPS) is 10.3. The van der Waals surface area contributed by atoms with Gasteiger partial charge in [0.25, 0.3) is 0 Å². The fourth-order valence-corrected chi connectivity index (χ4v) is 2.10. The zero-order valence-corrected chi connectivity index (χ0v) is 13.2. The predicted octanol–water partition coefficient (Wildman–Crippen LogP) is 3.72. The second-order valence-electron chi connectivity index (χ2n) is 4.74. The number of para-hydroxylation sites is 1. The monoisotopic (exact) mass is 301 g/mol. The van der Waals surface area contributed by atoms with Crippen molar-refractivity contribution in [1.29, 1.82) is 0 Å². The Morgan fingerprint density at radius 1 is 1.00 bits per heavy atom. The van der Waals surface area contributed by atoms with Gasteiger partial charge in [-0.15, -0.1) is 0 Å². The molecule has 0 radical (unpaired) electrons. The van der Waals surface area contributed by atoms with Crippen LogP contribution in [0.4, 0.5) is 5.69 Å². The summed E-state index contributed by atoms with van der Waals surface area (Å²) in [6.07, 6.45) is 0. The van der Waals surface area contributed by atoms with Gasteiger partial charge in [-0.2, -0.15) is 0 Å². The molecule has 0 unspecified atom stereocenters. The van der Waals surface area contributed by atoms with Gasteiger partial charge in [-0.1, -0.05) is 24.3 Å². The molecular formula is C18H23NO3. The average Bonchev–Trinajstić information content (AvgIpc) is 2.57. The summed E-state index contributed by atoms with van der Waals surface area (Å²) in [7, 11) is 1.69. The molecule has 0 spiro atoms. The molecule has 0 aliphatic rings. The topological polar surface area (TPSA) is 39.7 Å². The Kier molecular flexibility index (Phi) is 6.58. The summed E-state index contributed by atoms with van der Waals surface area (Å²) in [6.45, 7) is 4.55. The molecule has 0 aliphatic carbocycles. The van der Waals surface area contributed by atoms with Crippen molar-refractivity contribution in [3.63, 3.8) is 0 Å². The summed E-state index contributed by atoms with van der Waals surface area (Å²) in [5.41, 5.74) is 2.13. The molecule has 2 aromatic rings. The molecule has 22 heavy (non-hydrogen) atoms. The van der Waals surface area contributed by atoms with Crippen LogP contribution in [0.5, 0.6) is 11.5 Å². The summed E-state index contributed by atoms with van der Waals surface area (Å²) in [5, 5.41) is 3.39. The van der Waals surface area contributed by atoms with Crippen molar-refractivity contribution in [1.82, 2.24) is 0 Å². The van der Waals surface area contributed by atoms with Crippen molar-refractivity contribution in [3.05, 3.63) is 54.1 Å². The van der Waals surface area contributed by atoms with Gasteiger partial charge < -0.3 is 19.5 Å². The molecule has 0 atom stereocenters. The lowest BCUT2D eigenvalue weighted by Crippen LogP contribution is -2.06. The van der Waals surface area contributed by atoms with Gasteiger partial charge in [0.2, 0.25) is 0 Å². The van der Waals surface area contributed by atoms with Crippen LogP contribution >= 0.6 is 0 Å². The summed E-state index contributed by atoms with van der Waals surface area (Å²) in [5.74, 6) is 1.73. The van der Waals surface area contributed by atoms with Gasteiger partial charge in [-0.3, -0.25) is 0 Å². The number of benzene rings is 2. The minimum absolute atomic E-state index is 0.559. The lowest BCUT2D eigenvalue weighted by atomic mass is 10.2. The van der Waals surface area contributed by atoms with Crippen LogP contribution in [0.1, 0.15) is 12.5 Å². The maximum Gasteiger partial charge on any atom is 0.123 e. The zero-order chi connectivity index (χ0) is 15.6. The van der Waals surface area contributed by atoms with Crippen molar-refractivity contribution < 1.29 is 14.2 Å². The van der Waals surface area contributed by atoms with E-state index >= 15 is 0 Å². The first-order valence-electron chi connectivity index (χ1n) is 7.50. The van der Waals surface area contributed by atoms with Crippen molar-refractivity contribution in [3.8, 4) is 11.5 Å². The lowest BCUT2D eigenvalue weighted by Gasteiger charge is -2.12. The van der Waals surface area contributed by atoms with E-state index in [2.05, 4.69) is 5.32 Å². The van der Waals surface area contributed by atoms with E-state index in [0.29, 0.717) is 26.4 Å². The van der Waals surface area contributed by atoms with Crippen LogP contribution in [0, 0.1) is 0 Å². The Hall–Kier alpha value is -2.20. The smallest absolute Gasteiger partial charge is 0.123 e. The van der Waals surface area contributed by atoms with Crippen LogP contribution < -0.4 is 14.8 Å². The van der Waals surface area contributed by atoms with Crippen molar-refractivity contribution >= 4 is 5.69 Å². The van der Waals surface area contributed by atoms with E-state index in [-0.39, 0.29) is 0 Å². The molecule has 2 rings (SSSR count). The van der Waals surface area contributed by atoms with Gasteiger partial charge in [-0.25, -0.2) is 0 Å². The first kappa shape index (κ1) is 16.2. The molecule has 4 heteroatoms. The second-order valence-corrected chi connectivity index (χ2v) is 4.74. The fraction of sp³-hybridized carbons (Fsp3) is 0.333. The van der Waals surface area contributed by atoms with Crippen LogP contribution in [0.2, 0.25) is 0 Å². The summed E-state index contributed by atoms with van der Waals surface area (Å²) in [4.78, 5) is 0. The number of hydrogen-bond donors (Lipinski definition) is 1. The highest BCUT2D eigenvalue weighted by Crippen LogP contribution is 2.21. The molecule has 0 bridgehead atoms. The SMILES string of the molecule is CCOCCOc1cccc(NCc2ccccc2OC)c1. The van der Waals surface area contributed by atoms with Gasteiger partial charge in [-0.05, 0) is 25.1 Å². The molecule has 0 heterocycles. The lowest BCUT2D eigenvalue weighted by molar-refractivity contribution is 0.110. The number of hydrogen-bond acceptors (Lipinski definition) is 4. The number of nitrogens with one attached hydrogen (secondary N) is 1. The Labute approximate surface area is 132 Å². The van der Waals surface area contributed by atoms with Gasteiger partial charge >= 0.3 is 0 Å². The molecule has 2 aromatic carbocycles. The Bertz CT molecular complexity index is 572. The number of rotatable bonds is 9. The third-order valence-electron chi connectivity index (χ3n) is 3.21. The molecule has 0 aliphatic heterocycles. The first-order valence-corrected chi connectivity index (χ1v) is 7.50. The highest BCUT2D eigenvalue weighted by atomic mass is 16.5. The minimum Gasteiger partial charge on any atom is -0.496 e. The highest BCUT2D eigenvalue weighted by Gasteiger charge is 2.02. The molecule has 1 N–H and O–H groups in total. The highest BCUT2D eigenvalue weighted by molar-refractivity contribution is 5.49. The van der Waals surface area contributed by atoms with E-state index in [9.17, 15) is 0 Å². The molecule has 0 aromatic heterocycles. The van der Waals surface area contributed by atoms with E-state index < -0.39 is 0 Å². The maximum atomic E-state index is 5.66. The van der Waals surface area contributed by atoms with E-state index in [4.69, 9.17) is 14.2 Å². The number of ether oxygens (including phenoxy) is 3. The maximum absolute atomic E-state index is 5.66. The van der Waals surface area contributed by atoms with Gasteiger partial charge in [0.1, 0.15) is 18.1 Å². The van der Waals surface area contributed by atoms with Crippen molar-refractivity contribution in [2.45, 2.75) is 13.5 Å². The Morgan fingerprint density at radius 2 is 1.86 bits per heavy atom. The van der Waals surface area contributed by atoms with Crippen LogP contribution in [-0.4, -0.2) is 26.9 Å². The molecular weight excluding hydrogens is 278 g/mol. The average molecular weight is 301 g/mol. The number of methoxy groups -OCH3 is 1. The van der Waals surface area contributed by atoms with Crippen LogP contribution in [0.15, 0.2) is 48.5 Å². The van der Waals surface area contributed by atoms with E-state index in [1.807, 2.05) is 55.5 Å². The van der Waals surface area contributed by atoms with Crippen LogP contribution in [0.25, 0.3) is 0 Å². The second kappa shape index (κ2) is 8.95. The van der Waals surface area contributed by atoms with Crippen molar-refractivity contribution in [2.75, 3.05) is 32.2 Å². The first-order chi connectivity index (χ1) is 10.8. The van der Waals surface area contributed by atoms with Crippen LogP contribution in [-0.2, 0) is 11.3 Å². The van der Waals surface area contributed by atoms with Gasteiger partial charge in [0.05, 0.1) is 13.7 Å². The van der Waals surface area contributed by atoms with Crippen LogP contribution in [0.3, 0.4) is 0 Å². The molecule has 0 saturated carbocycles. The Balaban J connectivity index is 1.90. The van der Waals surface area contributed by atoms with E-state index in [1.54, 1.807) is 7.11 Å². The fourth-order valence-electron chi connectivity index (χ4n) is 2.10. The van der Waals surface area contributed by atoms with Gasteiger partial charge in [0, 0.05) is 30.5 Å². The molecule has 4 nitrogen and oxygen atoms in total. The zero-order valence-electron chi connectivity index (χ0n) is 13.2. The third kappa shape index (κ3) is 4.97. The largest absolute Gasteiger partial charge is 0.496 e. The van der Waals surface area contributed by atoms with Crippen molar-refractivity contribution in [2.24, 2.45) is 0 Å². The standard InChI is InChI=1S/C18H23NO3/c1-3-21-11-12-22-17-9-6-8-16(13-17)19-14-15-7-4-5-10-18(15)20-2/h4-10,13,19H,3,11-12,14H2,1-2H3. The third-order valence-corrected chi connectivity index (χ3v) is 3.21.